The molecule has 0 saturated heterocycles. The Kier molecular flexibility index (Phi) is 3.91. The van der Waals surface area contributed by atoms with Gasteiger partial charge in [-0.25, -0.2) is 0 Å². The highest BCUT2D eigenvalue weighted by molar-refractivity contribution is 7.84. The lowest BCUT2D eigenvalue weighted by molar-refractivity contribution is 0.103. The van der Waals surface area contributed by atoms with Gasteiger partial charge in [0.25, 0.3) is 0 Å². The Labute approximate surface area is 140 Å². The van der Waals surface area contributed by atoms with Gasteiger partial charge in [-0.3, -0.25) is 9.00 Å². The van der Waals surface area contributed by atoms with E-state index >= 15 is 0 Å². The Morgan fingerprint density at radius 1 is 1.27 bits per heavy atom. The van der Waals surface area contributed by atoms with Crippen molar-refractivity contribution in [3.63, 3.8) is 0 Å². The van der Waals surface area contributed by atoms with Crippen LogP contribution in [0.5, 0.6) is 0 Å². The molecule has 3 rings (SSSR count). The molecule has 0 N–H and O–H groups in total. The molecule has 1 aromatic carbocycles. The summed E-state index contributed by atoms with van der Waals surface area (Å²) in [6.07, 6.45) is 4.85. The first kappa shape index (κ1) is 15.7. The summed E-state index contributed by atoms with van der Waals surface area (Å²) in [4.78, 5) is 13.1. The minimum atomic E-state index is -1.28. The summed E-state index contributed by atoms with van der Waals surface area (Å²) >= 11 is 12.3. The van der Waals surface area contributed by atoms with Gasteiger partial charge in [0.1, 0.15) is 0 Å². The molecule has 1 atom stereocenters. The van der Waals surface area contributed by atoms with E-state index in [0.29, 0.717) is 16.2 Å². The van der Waals surface area contributed by atoms with Gasteiger partial charge in [0.15, 0.2) is 11.5 Å². The molecule has 0 radical (unpaired) electrons. The normalized spacial score (nSPS) is 17.3. The molecule has 4 nitrogen and oxygen atoms in total. The van der Waals surface area contributed by atoms with Crippen molar-refractivity contribution in [2.24, 2.45) is 0 Å². The summed E-state index contributed by atoms with van der Waals surface area (Å²) < 4.78 is 16.9. The fourth-order valence-electron chi connectivity index (χ4n) is 2.33. The summed E-state index contributed by atoms with van der Waals surface area (Å²) in [6.45, 7) is 2.03. The van der Waals surface area contributed by atoms with Crippen LogP contribution < -0.4 is 0 Å². The number of benzene rings is 1. The SMILES string of the molecule is CS(=O)c1ccc(C(=O)c2cnoc2C2(C)CC2)c(Cl)c1Cl. The second kappa shape index (κ2) is 5.48. The van der Waals surface area contributed by atoms with Crippen molar-refractivity contribution in [3.05, 3.63) is 45.3 Å². The first-order valence-corrected chi connectivity index (χ1v) is 8.98. The van der Waals surface area contributed by atoms with Crippen LogP contribution in [-0.4, -0.2) is 21.4 Å². The highest BCUT2D eigenvalue weighted by Crippen LogP contribution is 2.49. The largest absolute Gasteiger partial charge is 0.360 e. The number of carbonyl (C=O) groups is 1. The fourth-order valence-corrected chi connectivity index (χ4v) is 3.74. The van der Waals surface area contributed by atoms with Crippen molar-refractivity contribution < 1.29 is 13.5 Å². The van der Waals surface area contributed by atoms with E-state index < -0.39 is 10.8 Å². The second-order valence-corrected chi connectivity index (χ2v) is 7.76. The number of halogens is 2. The molecule has 22 heavy (non-hydrogen) atoms. The predicted molar refractivity (Wildman–Crippen MR) is 85.3 cm³/mol. The van der Waals surface area contributed by atoms with E-state index in [1.807, 2.05) is 6.92 Å². The molecule has 0 bridgehead atoms. The third-order valence-electron chi connectivity index (χ3n) is 3.96. The molecular weight excluding hydrogens is 345 g/mol. The van der Waals surface area contributed by atoms with Crippen LogP contribution in [0.15, 0.2) is 27.7 Å². The van der Waals surface area contributed by atoms with Crippen LogP contribution in [-0.2, 0) is 16.2 Å². The number of ketones is 1. The zero-order valence-electron chi connectivity index (χ0n) is 12.0. The van der Waals surface area contributed by atoms with Crippen LogP contribution in [0.1, 0.15) is 41.4 Å². The predicted octanol–water partition coefficient (Wildman–Crippen LogP) is 4.00. The number of hydrogen-bond acceptors (Lipinski definition) is 4. The quantitative estimate of drug-likeness (QED) is 0.775. The summed E-state index contributed by atoms with van der Waals surface area (Å²) in [7, 11) is -1.28. The van der Waals surface area contributed by atoms with Crippen LogP contribution in [0.25, 0.3) is 0 Å². The van der Waals surface area contributed by atoms with Gasteiger partial charge in [-0.1, -0.05) is 35.3 Å². The highest BCUT2D eigenvalue weighted by Gasteiger charge is 2.45. The Morgan fingerprint density at radius 3 is 2.55 bits per heavy atom. The van der Waals surface area contributed by atoms with E-state index in [1.54, 1.807) is 12.1 Å². The lowest BCUT2D eigenvalue weighted by atomic mass is 9.97. The lowest BCUT2D eigenvalue weighted by Gasteiger charge is -2.09. The van der Waals surface area contributed by atoms with Gasteiger partial charge in [-0.15, -0.1) is 0 Å². The maximum absolute atomic E-state index is 12.7. The molecule has 1 saturated carbocycles. The summed E-state index contributed by atoms with van der Waals surface area (Å²) in [5.41, 5.74) is 0.542. The average Bonchev–Trinajstić information content (AvgIpc) is 3.03. The van der Waals surface area contributed by atoms with Gasteiger partial charge in [0.05, 0.1) is 37.5 Å². The molecule has 116 valence electrons. The monoisotopic (exact) mass is 357 g/mol. The Balaban J connectivity index is 2.05. The Morgan fingerprint density at radius 2 is 1.95 bits per heavy atom. The molecule has 0 aliphatic heterocycles. The minimum Gasteiger partial charge on any atom is -0.360 e. The first-order chi connectivity index (χ1) is 10.3. The Bertz CT molecular complexity index is 796. The highest BCUT2D eigenvalue weighted by atomic mass is 35.5. The van der Waals surface area contributed by atoms with Crippen LogP contribution in [0, 0.1) is 0 Å². The number of aromatic nitrogens is 1. The fraction of sp³-hybridized carbons (Fsp3) is 0.333. The smallest absolute Gasteiger partial charge is 0.199 e. The van der Waals surface area contributed by atoms with Gasteiger partial charge in [0.2, 0.25) is 0 Å². The summed E-state index contributed by atoms with van der Waals surface area (Å²) in [5.74, 6) is 0.303. The van der Waals surface area contributed by atoms with Crippen molar-refractivity contribution in [1.82, 2.24) is 5.16 Å². The van der Waals surface area contributed by atoms with Crippen molar-refractivity contribution in [1.29, 1.82) is 0 Å². The van der Waals surface area contributed by atoms with Crippen LogP contribution in [0.4, 0.5) is 0 Å². The standard InChI is InChI=1S/C15H13Cl2NO3S/c1-15(5-6-15)14-9(7-18-21-14)13(19)8-3-4-10(22(2)20)12(17)11(8)16/h3-4,7H,5-6H2,1-2H3. The minimum absolute atomic E-state index is 0.104. The maximum atomic E-state index is 12.7. The first-order valence-electron chi connectivity index (χ1n) is 6.66. The van der Waals surface area contributed by atoms with E-state index in [2.05, 4.69) is 5.16 Å². The third-order valence-corrected chi connectivity index (χ3v) is 5.92. The van der Waals surface area contributed by atoms with Crippen molar-refractivity contribution in [3.8, 4) is 0 Å². The molecule has 2 aromatic rings. The number of nitrogens with zero attached hydrogens (tertiary/aromatic N) is 1. The molecule has 1 aliphatic rings. The van der Waals surface area contributed by atoms with Crippen LogP contribution in [0.3, 0.4) is 0 Å². The molecule has 7 heteroatoms. The molecule has 1 aliphatic carbocycles. The second-order valence-electron chi connectivity index (χ2n) is 5.65. The van der Waals surface area contributed by atoms with Crippen molar-refractivity contribution in [2.45, 2.75) is 30.1 Å². The molecule has 1 fully saturated rings. The summed E-state index contributed by atoms with van der Waals surface area (Å²) in [6, 6.07) is 3.10. The van der Waals surface area contributed by atoms with E-state index in [9.17, 15) is 9.00 Å². The molecule has 0 spiro atoms. The zero-order valence-corrected chi connectivity index (χ0v) is 14.3. The molecule has 1 heterocycles. The average molecular weight is 358 g/mol. The number of hydrogen-bond donors (Lipinski definition) is 0. The number of rotatable bonds is 4. The zero-order chi connectivity index (χ0) is 16.1. The number of carbonyl (C=O) groups excluding carboxylic acids is 1. The summed E-state index contributed by atoms with van der Waals surface area (Å²) in [5, 5.41) is 4.00. The van der Waals surface area contributed by atoms with Crippen LogP contribution >= 0.6 is 23.2 Å². The van der Waals surface area contributed by atoms with E-state index in [4.69, 9.17) is 27.7 Å². The van der Waals surface area contributed by atoms with Gasteiger partial charge < -0.3 is 4.52 Å². The van der Waals surface area contributed by atoms with Crippen molar-refractivity contribution in [2.75, 3.05) is 6.26 Å². The van der Waals surface area contributed by atoms with Gasteiger partial charge >= 0.3 is 0 Å². The van der Waals surface area contributed by atoms with E-state index in [-0.39, 0.29) is 26.8 Å². The topological polar surface area (TPSA) is 60.2 Å². The Hall–Kier alpha value is -1.17. The maximum Gasteiger partial charge on any atom is 0.199 e. The van der Waals surface area contributed by atoms with Gasteiger partial charge in [-0.2, -0.15) is 0 Å². The lowest BCUT2D eigenvalue weighted by Crippen LogP contribution is -2.09. The third kappa shape index (κ3) is 2.51. The molecule has 0 amide bonds. The van der Waals surface area contributed by atoms with Crippen molar-refractivity contribution >= 4 is 39.8 Å². The van der Waals surface area contributed by atoms with E-state index in [1.165, 1.54) is 12.5 Å². The molecular formula is C15H13Cl2NO3S. The van der Waals surface area contributed by atoms with Gasteiger partial charge in [-0.05, 0) is 25.0 Å². The molecule has 1 unspecified atom stereocenters. The van der Waals surface area contributed by atoms with Gasteiger partial charge in [0, 0.05) is 17.2 Å². The molecule has 1 aromatic heterocycles. The van der Waals surface area contributed by atoms with Crippen LogP contribution in [0.2, 0.25) is 10.0 Å². The van der Waals surface area contributed by atoms with E-state index in [0.717, 1.165) is 12.8 Å².